The molecule has 2 rings (SSSR count). The van der Waals surface area contributed by atoms with E-state index in [9.17, 15) is 4.79 Å². The second kappa shape index (κ2) is 9.18. The van der Waals surface area contributed by atoms with Gasteiger partial charge in [0.25, 0.3) is 5.91 Å². The SMILES string of the molecule is COc1cc(C(C)NC(=O)c2ccc(N)cc2)ccc1OC(C)C.Cl. The predicted molar refractivity (Wildman–Crippen MR) is 103 cm³/mol. The van der Waals surface area contributed by atoms with E-state index in [0.717, 1.165) is 5.56 Å². The molecule has 3 N–H and O–H groups in total. The number of nitrogen functional groups attached to an aromatic ring is 1. The molecule has 6 heteroatoms. The molecule has 2 aromatic rings. The standard InChI is InChI=1S/C19H24N2O3.ClH/c1-12(2)24-17-10-7-15(11-18(17)23-4)13(3)21-19(22)14-5-8-16(20)9-6-14;/h5-13H,20H2,1-4H3,(H,21,22);1H. The third-order valence-corrected chi connectivity index (χ3v) is 3.57. The van der Waals surface area contributed by atoms with Gasteiger partial charge in [0.2, 0.25) is 0 Å². The molecule has 0 spiro atoms. The summed E-state index contributed by atoms with van der Waals surface area (Å²) in [6.07, 6.45) is 0.0624. The summed E-state index contributed by atoms with van der Waals surface area (Å²) < 4.78 is 11.1. The van der Waals surface area contributed by atoms with E-state index in [1.165, 1.54) is 0 Å². The van der Waals surface area contributed by atoms with Gasteiger partial charge in [0, 0.05) is 11.3 Å². The molecule has 1 unspecified atom stereocenters. The first-order valence-electron chi connectivity index (χ1n) is 7.91. The smallest absolute Gasteiger partial charge is 0.251 e. The van der Waals surface area contributed by atoms with Gasteiger partial charge in [-0.3, -0.25) is 4.79 Å². The van der Waals surface area contributed by atoms with Gasteiger partial charge in [-0.15, -0.1) is 12.4 Å². The Bertz CT molecular complexity index is 702. The number of nitrogens with two attached hydrogens (primary N) is 1. The van der Waals surface area contributed by atoms with Gasteiger partial charge in [-0.05, 0) is 62.7 Å². The highest BCUT2D eigenvalue weighted by molar-refractivity contribution is 5.94. The molecular weight excluding hydrogens is 340 g/mol. The highest BCUT2D eigenvalue weighted by Gasteiger charge is 2.14. The van der Waals surface area contributed by atoms with E-state index < -0.39 is 0 Å². The lowest BCUT2D eigenvalue weighted by atomic mass is 10.1. The predicted octanol–water partition coefficient (Wildman–Crippen LogP) is 3.98. The zero-order chi connectivity index (χ0) is 17.7. The van der Waals surface area contributed by atoms with Crippen LogP contribution in [0.5, 0.6) is 11.5 Å². The molecule has 0 aliphatic rings. The molecule has 5 nitrogen and oxygen atoms in total. The maximum absolute atomic E-state index is 12.3. The summed E-state index contributed by atoms with van der Waals surface area (Å²) in [5, 5.41) is 2.97. The van der Waals surface area contributed by atoms with E-state index in [4.69, 9.17) is 15.2 Å². The zero-order valence-electron chi connectivity index (χ0n) is 14.9. The second-order valence-electron chi connectivity index (χ2n) is 5.89. The second-order valence-corrected chi connectivity index (χ2v) is 5.89. The van der Waals surface area contributed by atoms with Gasteiger partial charge in [-0.2, -0.15) is 0 Å². The number of carbonyl (C=O) groups is 1. The van der Waals surface area contributed by atoms with Crippen LogP contribution < -0.4 is 20.5 Å². The number of methoxy groups -OCH3 is 1. The van der Waals surface area contributed by atoms with Crippen LogP contribution in [-0.2, 0) is 0 Å². The van der Waals surface area contributed by atoms with E-state index in [0.29, 0.717) is 22.7 Å². The maximum Gasteiger partial charge on any atom is 0.251 e. The fraction of sp³-hybridized carbons (Fsp3) is 0.316. The molecule has 0 radical (unpaired) electrons. The molecule has 136 valence electrons. The molecule has 0 saturated heterocycles. The van der Waals surface area contributed by atoms with Gasteiger partial charge >= 0.3 is 0 Å². The van der Waals surface area contributed by atoms with Crippen molar-refractivity contribution < 1.29 is 14.3 Å². The van der Waals surface area contributed by atoms with Crippen LogP contribution in [-0.4, -0.2) is 19.1 Å². The average molecular weight is 365 g/mol. The topological polar surface area (TPSA) is 73.6 Å². The van der Waals surface area contributed by atoms with E-state index >= 15 is 0 Å². The normalized spacial score (nSPS) is 11.4. The molecule has 0 aliphatic heterocycles. The number of ether oxygens (including phenoxy) is 2. The Kier molecular flexibility index (Phi) is 7.58. The molecule has 25 heavy (non-hydrogen) atoms. The molecule has 0 bridgehead atoms. The number of hydrogen-bond donors (Lipinski definition) is 2. The van der Waals surface area contributed by atoms with Crippen LogP contribution in [0, 0.1) is 0 Å². The Hall–Kier alpha value is -2.40. The Labute approximate surface area is 154 Å². The minimum atomic E-state index is -0.169. The highest BCUT2D eigenvalue weighted by Crippen LogP contribution is 2.31. The lowest BCUT2D eigenvalue weighted by molar-refractivity contribution is 0.0940. The van der Waals surface area contributed by atoms with Crippen molar-refractivity contribution in [3.63, 3.8) is 0 Å². The first-order valence-corrected chi connectivity index (χ1v) is 7.91. The Morgan fingerprint density at radius 1 is 1.04 bits per heavy atom. The fourth-order valence-electron chi connectivity index (χ4n) is 2.30. The van der Waals surface area contributed by atoms with Gasteiger partial charge in [-0.25, -0.2) is 0 Å². The quantitative estimate of drug-likeness (QED) is 0.760. The number of nitrogens with one attached hydrogen (secondary N) is 1. The number of carbonyl (C=O) groups excluding carboxylic acids is 1. The summed E-state index contributed by atoms with van der Waals surface area (Å²) in [4.78, 5) is 12.3. The van der Waals surface area contributed by atoms with Crippen LogP contribution in [0.4, 0.5) is 5.69 Å². The molecule has 0 fully saturated rings. The lowest BCUT2D eigenvalue weighted by Crippen LogP contribution is -2.26. The number of amides is 1. The minimum absolute atomic E-state index is 0. The molecule has 1 amide bonds. The summed E-state index contributed by atoms with van der Waals surface area (Å²) in [5.74, 6) is 1.19. The largest absolute Gasteiger partial charge is 0.493 e. The fourth-order valence-corrected chi connectivity index (χ4v) is 2.30. The Balaban J connectivity index is 0.00000312. The summed E-state index contributed by atoms with van der Waals surface area (Å²) in [5.41, 5.74) is 7.78. The molecule has 0 heterocycles. The van der Waals surface area contributed by atoms with Gasteiger partial charge < -0.3 is 20.5 Å². The molecule has 1 atom stereocenters. The van der Waals surface area contributed by atoms with Crippen molar-refractivity contribution in [2.45, 2.75) is 32.9 Å². The number of hydrogen-bond acceptors (Lipinski definition) is 4. The molecule has 2 aromatic carbocycles. The first-order chi connectivity index (χ1) is 11.4. The van der Waals surface area contributed by atoms with Gasteiger partial charge in [0.1, 0.15) is 0 Å². The van der Waals surface area contributed by atoms with Crippen molar-refractivity contribution in [2.75, 3.05) is 12.8 Å². The minimum Gasteiger partial charge on any atom is -0.493 e. The van der Waals surface area contributed by atoms with Crippen LogP contribution >= 0.6 is 12.4 Å². The average Bonchev–Trinajstić information content (AvgIpc) is 2.55. The third-order valence-electron chi connectivity index (χ3n) is 3.57. The first kappa shape index (κ1) is 20.6. The van der Waals surface area contributed by atoms with Gasteiger partial charge in [0.05, 0.1) is 19.3 Å². The van der Waals surface area contributed by atoms with Crippen LogP contribution in [0.2, 0.25) is 0 Å². The molecular formula is C19H25ClN2O3. The maximum atomic E-state index is 12.3. The van der Waals surface area contributed by atoms with E-state index in [1.807, 2.05) is 39.0 Å². The number of rotatable bonds is 6. The molecule has 0 aromatic heterocycles. The summed E-state index contributed by atoms with van der Waals surface area (Å²) in [6.45, 7) is 5.85. The van der Waals surface area contributed by atoms with Crippen molar-refractivity contribution in [1.29, 1.82) is 0 Å². The van der Waals surface area contributed by atoms with Crippen LogP contribution in [0.1, 0.15) is 42.7 Å². The van der Waals surface area contributed by atoms with Crippen LogP contribution in [0.25, 0.3) is 0 Å². The van der Waals surface area contributed by atoms with Gasteiger partial charge in [-0.1, -0.05) is 6.07 Å². The number of anilines is 1. The zero-order valence-corrected chi connectivity index (χ0v) is 15.7. The monoisotopic (exact) mass is 364 g/mol. The van der Waals surface area contributed by atoms with E-state index in [-0.39, 0.29) is 30.5 Å². The van der Waals surface area contributed by atoms with Crippen molar-refractivity contribution in [3.8, 4) is 11.5 Å². The Morgan fingerprint density at radius 3 is 2.24 bits per heavy atom. The Morgan fingerprint density at radius 2 is 1.68 bits per heavy atom. The summed E-state index contributed by atoms with van der Waals surface area (Å²) in [6, 6.07) is 12.3. The van der Waals surface area contributed by atoms with Crippen LogP contribution in [0.3, 0.4) is 0 Å². The summed E-state index contributed by atoms with van der Waals surface area (Å²) >= 11 is 0. The number of halogens is 1. The van der Waals surface area contributed by atoms with Crippen LogP contribution in [0.15, 0.2) is 42.5 Å². The van der Waals surface area contributed by atoms with Crippen molar-refractivity contribution in [3.05, 3.63) is 53.6 Å². The van der Waals surface area contributed by atoms with Crippen molar-refractivity contribution in [2.24, 2.45) is 0 Å². The lowest BCUT2D eigenvalue weighted by Gasteiger charge is -2.18. The van der Waals surface area contributed by atoms with E-state index in [1.54, 1.807) is 31.4 Å². The third kappa shape index (κ3) is 5.57. The van der Waals surface area contributed by atoms with Gasteiger partial charge in [0.15, 0.2) is 11.5 Å². The molecule has 0 saturated carbocycles. The molecule has 0 aliphatic carbocycles. The van der Waals surface area contributed by atoms with E-state index in [2.05, 4.69) is 5.32 Å². The summed E-state index contributed by atoms with van der Waals surface area (Å²) in [7, 11) is 1.60. The highest BCUT2D eigenvalue weighted by atomic mass is 35.5. The van der Waals surface area contributed by atoms with Crippen molar-refractivity contribution in [1.82, 2.24) is 5.32 Å². The number of benzene rings is 2. The van der Waals surface area contributed by atoms with Crippen molar-refractivity contribution >= 4 is 24.0 Å².